The Morgan fingerprint density at radius 1 is 1.08 bits per heavy atom. The van der Waals surface area contributed by atoms with Crippen molar-refractivity contribution >= 4 is 64.1 Å². The van der Waals surface area contributed by atoms with Gasteiger partial charge in [0.15, 0.2) is 0 Å². The van der Waals surface area contributed by atoms with Gasteiger partial charge in [-0.15, -0.1) is 11.3 Å². The lowest BCUT2D eigenvalue weighted by molar-refractivity contribution is -0.122. The van der Waals surface area contributed by atoms with Crippen molar-refractivity contribution in [3.05, 3.63) is 72.2 Å². The van der Waals surface area contributed by atoms with Crippen LogP contribution in [0.15, 0.2) is 29.8 Å². The van der Waals surface area contributed by atoms with E-state index in [0.717, 1.165) is 47.7 Å². The standard InChI is InChI=1S/C26H20Cl2N4O3S/c1-13-9-15(14(2)31(13)23-17-5-3-4-6-21(17)36-22(23)12-29)10-18-24(33)30-26(35)32(25(18)34)16-7-8-19(27)20(28)11-16/h7-11H,3-6H2,1-2H3,(H,30,33,35)/b18-10-. The second-order valence-corrected chi connectivity index (χ2v) is 10.6. The summed E-state index contributed by atoms with van der Waals surface area (Å²) in [7, 11) is 0. The normalized spacial score (nSPS) is 16.8. The van der Waals surface area contributed by atoms with Crippen molar-refractivity contribution in [2.75, 3.05) is 4.90 Å². The summed E-state index contributed by atoms with van der Waals surface area (Å²) in [4.78, 5) is 41.3. The number of carbonyl (C=O) groups is 3. The highest BCUT2D eigenvalue weighted by molar-refractivity contribution is 7.13. The molecule has 4 amide bonds. The fraction of sp³-hybridized carbons (Fsp3) is 0.231. The molecule has 0 unspecified atom stereocenters. The first-order valence-corrected chi connectivity index (χ1v) is 12.9. The maximum Gasteiger partial charge on any atom is 0.335 e. The number of nitrogens with one attached hydrogen (secondary N) is 1. The van der Waals surface area contributed by atoms with Crippen LogP contribution in [0.3, 0.4) is 0 Å². The lowest BCUT2D eigenvalue weighted by Gasteiger charge is -2.26. The van der Waals surface area contributed by atoms with Gasteiger partial charge >= 0.3 is 6.03 Å². The Bertz CT molecular complexity index is 1540. The number of aryl methyl sites for hydroxylation is 2. The molecule has 3 heterocycles. The molecule has 36 heavy (non-hydrogen) atoms. The monoisotopic (exact) mass is 538 g/mol. The molecule has 7 nitrogen and oxygen atoms in total. The van der Waals surface area contributed by atoms with Gasteiger partial charge in [0.05, 0.1) is 21.4 Å². The Kier molecular flexibility index (Phi) is 6.25. The topological polar surface area (TPSA) is 95.2 Å². The summed E-state index contributed by atoms with van der Waals surface area (Å²) in [6.45, 7) is 3.82. The second-order valence-electron chi connectivity index (χ2n) is 8.72. The van der Waals surface area contributed by atoms with Crippen LogP contribution in [-0.2, 0) is 22.4 Å². The molecule has 0 bridgehead atoms. The molecule has 182 valence electrons. The average Bonchev–Trinajstić information content (AvgIpc) is 3.34. The van der Waals surface area contributed by atoms with Gasteiger partial charge in [-0.25, -0.2) is 9.69 Å². The summed E-state index contributed by atoms with van der Waals surface area (Å²) >= 11 is 13.6. The third-order valence-electron chi connectivity index (χ3n) is 6.50. The predicted molar refractivity (Wildman–Crippen MR) is 140 cm³/mol. The predicted octanol–water partition coefficient (Wildman–Crippen LogP) is 5.88. The van der Waals surface area contributed by atoms with Crippen LogP contribution in [0.2, 0.25) is 10.0 Å². The molecule has 1 aliphatic heterocycles. The van der Waals surface area contributed by atoms with Gasteiger partial charge in [0.2, 0.25) is 0 Å². The van der Waals surface area contributed by atoms with E-state index in [1.54, 1.807) is 11.3 Å². The van der Waals surface area contributed by atoms with E-state index >= 15 is 0 Å². The number of hydrogen-bond acceptors (Lipinski definition) is 5. The lowest BCUT2D eigenvalue weighted by atomic mass is 9.97. The number of nitrogens with zero attached hydrogens (tertiary/aromatic N) is 3. The first-order valence-electron chi connectivity index (χ1n) is 11.3. The number of nitriles is 1. The number of halogens is 2. The van der Waals surface area contributed by atoms with Crippen molar-refractivity contribution in [1.29, 1.82) is 5.26 Å². The molecule has 0 spiro atoms. The molecule has 1 saturated heterocycles. The van der Waals surface area contributed by atoms with E-state index < -0.39 is 17.8 Å². The van der Waals surface area contributed by atoms with Crippen molar-refractivity contribution in [3.63, 3.8) is 0 Å². The molecule has 2 aliphatic rings. The number of benzene rings is 1. The summed E-state index contributed by atoms with van der Waals surface area (Å²) < 4.78 is 2.03. The maximum atomic E-state index is 13.3. The van der Waals surface area contributed by atoms with Crippen LogP contribution in [0.1, 0.15) is 45.1 Å². The molecule has 1 aromatic carbocycles. The summed E-state index contributed by atoms with van der Waals surface area (Å²) in [5.74, 6) is -1.55. The minimum Gasteiger partial charge on any atom is -0.316 e. The zero-order valence-corrected chi connectivity index (χ0v) is 21.8. The zero-order valence-electron chi connectivity index (χ0n) is 19.4. The smallest absolute Gasteiger partial charge is 0.316 e. The highest BCUT2D eigenvalue weighted by Crippen LogP contribution is 2.39. The number of barbiturate groups is 1. The first-order chi connectivity index (χ1) is 17.2. The van der Waals surface area contributed by atoms with Crippen molar-refractivity contribution in [2.45, 2.75) is 39.5 Å². The molecule has 2 aromatic heterocycles. The molecular formula is C26H20Cl2N4O3S. The number of aromatic nitrogens is 1. The Morgan fingerprint density at radius 2 is 1.83 bits per heavy atom. The minimum atomic E-state index is -0.866. The second kappa shape index (κ2) is 9.25. The molecule has 10 heteroatoms. The summed E-state index contributed by atoms with van der Waals surface area (Å²) in [6.07, 6.45) is 5.56. The fourth-order valence-corrected chi connectivity index (χ4v) is 6.27. The van der Waals surface area contributed by atoms with Crippen molar-refractivity contribution in [1.82, 2.24) is 9.88 Å². The number of amides is 4. The Balaban J connectivity index is 1.59. The van der Waals surface area contributed by atoms with Gasteiger partial charge in [-0.2, -0.15) is 5.26 Å². The van der Waals surface area contributed by atoms with E-state index in [4.69, 9.17) is 23.2 Å². The Hall–Kier alpha value is -3.38. The molecule has 1 fully saturated rings. The van der Waals surface area contributed by atoms with E-state index in [1.807, 2.05) is 24.5 Å². The number of fused-ring (bicyclic) bond motifs is 1. The molecule has 0 atom stereocenters. The fourth-order valence-electron chi connectivity index (χ4n) is 4.81. The van der Waals surface area contributed by atoms with Gasteiger partial charge in [0, 0.05) is 16.3 Å². The number of hydrogen-bond donors (Lipinski definition) is 1. The van der Waals surface area contributed by atoms with E-state index in [-0.39, 0.29) is 21.3 Å². The molecule has 5 rings (SSSR count). The van der Waals surface area contributed by atoms with Crippen LogP contribution in [-0.4, -0.2) is 22.4 Å². The van der Waals surface area contributed by atoms with Gasteiger partial charge in [-0.1, -0.05) is 23.2 Å². The van der Waals surface area contributed by atoms with Crippen LogP contribution < -0.4 is 10.2 Å². The summed E-state index contributed by atoms with van der Waals surface area (Å²) in [6, 6.07) is 7.70. The third-order valence-corrected chi connectivity index (χ3v) is 8.43. The van der Waals surface area contributed by atoms with Gasteiger partial charge in [0.1, 0.15) is 16.5 Å². The van der Waals surface area contributed by atoms with E-state index in [2.05, 4.69) is 11.4 Å². The van der Waals surface area contributed by atoms with Crippen molar-refractivity contribution < 1.29 is 14.4 Å². The zero-order chi connectivity index (χ0) is 25.7. The minimum absolute atomic E-state index is 0.174. The Labute approximate surface area is 221 Å². The third kappa shape index (κ3) is 3.94. The molecular weight excluding hydrogens is 519 g/mol. The van der Waals surface area contributed by atoms with Crippen LogP contribution in [0.4, 0.5) is 10.5 Å². The van der Waals surface area contributed by atoms with E-state index in [9.17, 15) is 19.6 Å². The number of rotatable bonds is 3. The van der Waals surface area contributed by atoms with E-state index in [0.29, 0.717) is 10.4 Å². The highest BCUT2D eigenvalue weighted by atomic mass is 35.5. The number of anilines is 1. The van der Waals surface area contributed by atoms with Crippen molar-refractivity contribution in [3.8, 4) is 11.8 Å². The quantitative estimate of drug-likeness (QED) is 0.332. The molecule has 0 radical (unpaired) electrons. The molecule has 1 N–H and O–H groups in total. The van der Waals surface area contributed by atoms with E-state index in [1.165, 1.54) is 34.7 Å². The highest BCUT2D eigenvalue weighted by Gasteiger charge is 2.37. The number of thiophene rings is 1. The van der Waals surface area contributed by atoms with Crippen LogP contribution >= 0.6 is 34.5 Å². The molecule has 0 saturated carbocycles. The van der Waals surface area contributed by atoms with Gasteiger partial charge in [-0.3, -0.25) is 14.9 Å². The largest absolute Gasteiger partial charge is 0.335 e. The summed E-state index contributed by atoms with van der Waals surface area (Å²) in [5, 5.41) is 12.5. The SMILES string of the molecule is Cc1cc(/C=C2/C(=O)NC(=O)N(c3ccc(Cl)c(Cl)c3)C2=O)c(C)n1-c1c(C#N)sc2c1CCCC2. The number of carbonyl (C=O) groups excluding carboxylic acids is 3. The van der Waals surface area contributed by atoms with Gasteiger partial charge in [0.25, 0.3) is 11.8 Å². The maximum absolute atomic E-state index is 13.3. The number of urea groups is 1. The average molecular weight is 539 g/mol. The van der Waals surface area contributed by atoms with Gasteiger partial charge in [-0.05, 0) is 81.0 Å². The van der Waals surface area contributed by atoms with Crippen LogP contribution in [0.5, 0.6) is 0 Å². The Morgan fingerprint density at radius 3 is 2.56 bits per heavy atom. The van der Waals surface area contributed by atoms with Crippen LogP contribution in [0, 0.1) is 25.2 Å². The van der Waals surface area contributed by atoms with Crippen molar-refractivity contribution in [2.24, 2.45) is 0 Å². The number of imide groups is 2. The lowest BCUT2D eigenvalue weighted by Crippen LogP contribution is -2.54. The van der Waals surface area contributed by atoms with Crippen LogP contribution in [0.25, 0.3) is 11.8 Å². The summed E-state index contributed by atoms with van der Waals surface area (Å²) in [5.41, 5.74) is 4.42. The molecule has 1 aliphatic carbocycles. The molecule has 3 aromatic rings. The first kappa shape index (κ1) is 24.3. The van der Waals surface area contributed by atoms with Gasteiger partial charge < -0.3 is 4.57 Å².